The molecule has 168 valence electrons. The van der Waals surface area contributed by atoms with Crippen molar-refractivity contribution in [1.29, 1.82) is 0 Å². The first-order chi connectivity index (χ1) is 14.6. The van der Waals surface area contributed by atoms with Crippen molar-refractivity contribution in [3.05, 3.63) is 58.6 Å². The summed E-state index contributed by atoms with van der Waals surface area (Å²) >= 11 is 3.32. The molecule has 0 spiro atoms. The molecular formula is C21H26BrN3O5S. The predicted molar refractivity (Wildman–Crippen MR) is 123 cm³/mol. The summed E-state index contributed by atoms with van der Waals surface area (Å²) in [6.45, 7) is 1.30. The van der Waals surface area contributed by atoms with Crippen molar-refractivity contribution in [2.45, 2.75) is 19.5 Å². The molecule has 0 aromatic heterocycles. The lowest BCUT2D eigenvalue weighted by atomic mass is 10.1. The van der Waals surface area contributed by atoms with E-state index < -0.39 is 28.5 Å². The van der Waals surface area contributed by atoms with Crippen LogP contribution in [0.1, 0.15) is 12.5 Å². The zero-order valence-electron chi connectivity index (χ0n) is 17.8. The third-order valence-electron chi connectivity index (χ3n) is 4.70. The van der Waals surface area contributed by atoms with Crippen LogP contribution in [0.5, 0.6) is 5.75 Å². The summed E-state index contributed by atoms with van der Waals surface area (Å²) in [5.41, 5.74) is 1.13. The highest BCUT2D eigenvalue weighted by molar-refractivity contribution is 9.10. The molecule has 0 heterocycles. The average Bonchev–Trinajstić information content (AvgIpc) is 2.74. The van der Waals surface area contributed by atoms with E-state index in [-0.39, 0.29) is 12.5 Å². The zero-order valence-corrected chi connectivity index (χ0v) is 20.2. The molecule has 0 aliphatic heterocycles. The van der Waals surface area contributed by atoms with Gasteiger partial charge in [0.1, 0.15) is 18.3 Å². The Morgan fingerprint density at radius 2 is 1.81 bits per heavy atom. The minimum atomic E-state index is -3.75. The van der Waals surface area contributed by atoms with Gasteiger partial charge in [0.05, 0.1) is 19.1 Å². The number of ether oxygens (including phenoxy) is 1. The first kappa shape index (κ1) is 24.7. The zero-order chi connectivity index (χ0) is 23.2. The number of likely N-dealkylation sites (N-methyl/N-ethyl adjacent to an activating group) is 1. The first-order valence-corrected chi connectivity index (χ1v) is 12.1. The van der Waals surface area contributed by atoms with E-state index in [9.17, 15) is 18.0 Å². The maximum atomic E-state index is 13.3. The summed E-state index contributed by atoms with van der Waals surface area (Å²) in [6, 6.07) is 13.0. The fourth-order valence-electron chi connectivity index (χ4n) is 2.96. The minimum absolute atomic E-state index is 0.132. The smallest absolute Gasteiger partial charge is 0.244 e. The lowest BCUT2D eigenvalue weighted by molar-refractivity contribution is -0.139. The number of benzene rings is 2. The summed E-state index contributed by atoms with van der Waals surface area (Å²) in [7, 11) is -0.708. The van der Waals surface area contributed by atoms with Gasteiger partial charge in [-0.1, -0.05) is 34.1 Å². The molecule has 0 fully saturated rings. The van der Waals surface area contributed by atoms with Gasteiger partial charge in [-0.15, -0.1) is 0 Å². The van der Waals surface area contributed by atoms with Crippen LogP contribution in [-0.4, -0.2) is 58.1 Å². The number of hydrogen-bond donors (Lipinski definition) is 1. The monoisotopic (exact) mass is 511 g/mol. The summed E-state index contributed by atoms with van der Waals surface area (Å²) in [4.78, 5) is 26.9. The molecule has 1 atom stereocenters. The molecule has 2 rings (SSSR count). The molecule has 8 nitrogen and oxygen atoms in total. The summed E-state index contributed by atoms with van der Waals surface area (Å²) in [6.07, 6.45) is 1.04. The molecule has 1 N–H and O–H groups in total. The van der Waals surface area contributed by atoms with E-state index in [4.69, 9.17) is 4.74 Å². The molecule has 0 radical (unpaired) electrons. The number of nitrogens with one attached hydrogen (secondary N) is 1. The standard InChI is InChI=1S/C21H26BrN3O5S/c1-15(21(27)23-2)24(13-16-8-10-19(30-3)11-9-16)20(26)14-25(31(4,28)29)18-7-5-6-17(22)12-18/h5-12,15H,13-14H2,1-4H3,(H,23,27)/t15-/m1/s1. The van der Waals surface area contributed by atoms with Crippen molar-refractivity contribution in [2.75, 3.05) is 31.3 Å². The summed E-state index contributed by atoms with van der Waals surface area (Å²) < 4.78 is 31.7. The molecule has 0 aliphatic carbocycles. The Morgan fingerprint density at radius 3 is 2.32 bits per heavy atom. The van der Waals surface area contributed by atoms with E-state index in [1.165, 1.54) is 11.9 Å². The number of carbonyl (C=O) groups is 2. The van der Waals surface area contributed by atoms with Gasteiger partial charge >= 0.3 is 0 Å². The van der Waals surface area contributed by atoms with Crippen LogP contribution in [0.25, 0.3) is 0 Å². The van der Waals surface area contributed by atoms with Crippen LogP contribution in [0, 0.1) is 0 Å². The third-order valence-corrected chi connectivity index (χ3v) is 6.33. The molecule has 0 saturated heterocycles. The van der Waals surface area contributed by atoms with Gasteiger partial charge in [-0.2, -0.15) is 0 Å². The van der Waals surface area contributed by atoms with E-state index in [1.807, 2.05) is 0 Å². The molecule has 0 aliphatic rings. The molecule has 2 aromatic carbocycles. The number of halogens is 1. The Balaban J connectivity index is 2.36. The number of amides is 2. The van der Waals surface area contributed by atoms with Crippen LogP contribution in [0.2, 0.25) is 0 Å². The Bertz CT molecular complexity index is 1030. The van der Waals surface area contributed by atoms with Gasteiger partial charge in [-0.3, -0.25) is 13.9 Å². The fourth-order valence-corrected chi connectivity index (χ4v) is 4.19. The third kappa shape index (κ3) is 6.70. The number of nitrogens with zero attached hydrogens (tertiary/aromatic N) is 2. The minimum Gasteiger partial charge on any atom is -0.497 e. The Hall–Kier alpha value is -2.59. The molecule has 0 unspecified atom stereocenters. The van der Waals surface area contributed by atoms with Crippen LogP contribution in [0.3, 0.4) is 0 Å². The van der Waals surface area contributed by atoms with Crippen LogP contribution in [0.4, 0.5) is 5.69 Å². The largest absolute Gasteiger partial charge is 0.497 e. The maximum Gasteiger partial charge on any atom is 0.244 e. The highest BCUT2D eigenvalue weighted by Crippen LogP contribution is 2.23. The van der Waals surface area contributed by atoms with E-state index in [1.54, 1.807) is 62.6 Å². The lowest BCUT2D eigenvalue weighted by Gasteiger charge is -2.31. The second kappa shape index (κ2) is 10.6. The van der Waals surface area contributed by atoms with Crippen LogP contribution >= 0.6 is 15.9 Å². The van der Waals surface area contributed by atoms with Gasteiger partial charge in [-0.05, 0) is 42.8 Å². The van der Waals surface area contributed by atoms with Gasteiger partial charge in [0, 0.05) is 18.1 Å². The van der Waals surface area contributed by atoms with Crippen LogP contribution in [0.15, 0.2) is 53.0 Å². The molecular weight excluding hydrogens is 486 g/mol. The number of carbonyl (C=O) groups excluding carboxylic acids is 2. The van der Waals surface area contributed by atoms with Gasteiger partial charge in [-0.25, -0.2) is 8.42 Å². The quantitative estimate of drug-likeness (QED) is 0.557. The van der Waals surface area contributed by atoms with E-state index in [0.717, 1.165) is 16.1 Å². The fraction of sp³-hybridized carbons (Fsp3) is 0.333. The summed E-state index contributed by atoms with van der Waals surface area (Å²) in [5.74, 6) is -0.188. The van der Waals surface area contributed by atoms with E-state index in [0.29, 0.717) is 15.9 Å². The second-order valence-electron chi connectivity index (χ2n) is 6.91. The van der Waals surface area contributed by atoms with Gasteiger partial charge in [0.2, 0.25) is 21.8 Å². The van der Waals surface area contributed by atoms with Crippen molar-refractivity contribution in [3.8, 4) is 5.75 Å². The lowest BCUT2D eigenvalue weighted by Crippen LogP contribution is -2.50. The SMILES string of the molecule is CNC(=O)[C@@H](C)N(Cc1ccc(OC)cc1)C(=O)CN(c1cccc(Br)c1)S(C)(=O)=O. The van der Waals surface area contributed by atoms with Crippen molar-refractivity contribution < 1.29 is 22.7 Å². The number of anilines is 1. The second-order valence-corrected chi connectivity index (χ2v) is 9.73. The highest BCUT2D eigenvalue weighted by Gasteiger charge is 2.29. The molecule has 31 heavy (non-hydrogen) atoms. The van der Waals surface area contributed by atoms with Crippen molar-refractivity contribution >= 4 is 43.5 Å². The number of rotatable bonds is 9. The Labute approximate surface area is 191 Å². The predicted octanol–water partition coefficient (Wildman–Crippen LogP) is 2.39. The number of methoxy groups -OCH3 is 1. The normalized spacial score (nSPS) is 12.0. The molecule has 10 heteroatoms. The number of hydrogen-bond acceptors (Lipinski definition) is 5. The first-order valence-electron chi connectivity index (χ1n) is 9.44. The van der Waals surface area contributed by atoms with Gasteiger partial charge in [0.25, 0.3) is 0 Å². The number of sulfonamides is 1. The Morgan fingerprint density at radius 1 is 1.16 bits per heavy atom. The molecule has 0 saturated carbocycles. The highest BCUT2D eigenvalue weighted by atomic mass is 79.9. The Kier molecular flexibility index (Phi) is 8.46. The summed E-state index contributed by atoms with van der Waals surface area (Å²) in [5, 5.41) is 2.54. The average molecular weight is 512 g/mol. The van der Waals surface area contributed by atoms with Crippen LogP contribution < -0.4 is 14.4 Å². The van der Waals surface area contributed by atoms with E-state index in [2.05, 4.69) is 21.2 Å². The topological polar surface area (TPSA) is 96.0 Å². The van der Waals surface area contributed by atoms with Crippen molar-refractivity contribution in [3.63, 3.8) is 0 Å². The molecule has 2 aromatic rings. The molecule has 0 bridgehead atoms. The maximum absolute atomic E-state index is 13.3. The van der Waals surface area contributed by atoms with Crippen molar-refractivity contribution in [2.24, 2.45) is 0 Å². The van der Waals surface area contributed by atoms with Crippen LogP contribution in [-0.2, 0) is 26.2 Å². The van der Waals surface area contributed by atoms with Gasteiger partial charge in [0.15, 0.2) is 0 Å². The van der Waals surface area contributed by atoms with Crippen molar-refractivity contribution in [1.82, 2.24) is 10.2 Å². The van der Waals surface area contributed by atoms with Gasteiger partial charge < -0.3 is 15.0 Å². The molecule has 2 amide bonds. The van der Waals surface area contributed by atoms with E-state index >= 15 is 0 Å².